The molecule has 0 aliphatic heterocycles. The van der Waals surface area contributed by atoms with Crippen molar-refractivity contribution in [3.05, 3.63) is 54.1 Å². The molecular weight excluding hydrogens is 358 g/mol. The van der Waals surface area contributed by atoms with Gasteiger partial charge in [-0.1, -0.05) is 26.0 Å². The minimum absolute atomic E-state index is 0.353. The van der Waals surface area contributed by atoms with E-state index in [1.165, 1.54) is 6.92 Å². The summed E-state index contributed by atoms with van der Waals surface area (Å²) in [4.78, 5) is 24.7. The normalized spacial score (nSPS) is 11.6. The first-order valence-electron chi connectivity index (χ1n) is 9.37. The lowest BCUT2D eigenvalue weighted by Gasteiger charge is -2.16. The Bertz CT molecular complexity index is 786. The second-order valence-corrected chi connectivity index (χ2v) is 6.70. The minimum atomic E-state index is -0.959. The molecule has 6 heteroatoms. The molecule has 2 aromatic rings. The van der Waals surface area contributed by atoms with Crippen molar-refractivity contribution in [2.75, 3.05) is 18.5 Å². The maximum Gasteiger partial charge on any atom is 0.338 e. The third kappa shape index (κ3) is 6.30. The molecule has 0 fully saturated rings. The largest absolute Gasteiger partial charge is 0.493 e. The van der Waals surface area contributed by atoms with Crippen LogP contribution in [0.4, 0.5) is 5.69 Å². The number of carbonyl (C=O) groups excluding carboxylic acids is 2. The van der Waals surface area contributed by atoms with Gasteiger partial charge in [0.25, 0.3) is 5.91 Å². The maximum atomic E-state index is 12.4. The SMILES string of the molecule is CCOc1ccccc1NC(=O)[C@H](C)OC(=O)c1ccc(OCC(C)C)cc1. The zero-order valence-corrected chi connectivity index (χ0v) is 16.7. The summed E-state index contributed by atoms with van der Waals surface area (Å²) in [5.41, 5.74) is 0.884. The van der Waals surface area contributed by atoms with Crippen molar-refractivity contribution >= 4 is 17.6 Å². The van der Waals surface area contributed by atoms with Gasteiger partial charge < -0.3 is 19.5 Å². The lowest BCUT2D eigenvalue weighted by molar-refractivity contribution is -0.123. The van der Waals surface area contributed by atoms with Crippen LogP contribution >= 0.6 is 0 Å². The molecule has 0 unspecified atom stereocenters. The number of amides is 1. The average Bonchev–Trinajstić information content (AvgIpc) is 2.68. The molecule has 28 heavy (non-hydrogen) atoms. The number of hydrogen-bond donors (Lipinski definition) is 1. The molecule has 6 nitrogen and oxygen atoms in total. The summed E-state index contributed by atoms with van der Waals surface area (Å²) < 4.78 is 16.3. The number of anilines is 1. The number of rotatable bonds is 9. The molecule has 0 saturated carbocycles. The Balaban J connectivity index is 1.93. The molecule has 1 atom stereocenters. The third-order valence-corrected chi connectivity index (χ3v) is 3.77. The van der Waals surface area contributed by atoms with E-state index in [1.54, 1.807) is 42.5 Å². The number of nitrogens with one attached hydrogen (secondary N) is 1. The van der Waals surface area contributed by atoms with Crippen LogP contribution in [0.3, 0.4) is 0 Å². The molecule has 0 bridgehead atoms. The van der Waals surface area contributed by atoms with Gasteiger partial charge in [-0.25, -0.2) is 4.79 Å². The summed E-state index contributed by atoms with van der Waals surface area (Å²) in [6, 6.07) is 13.8. The highest BCUT2D eigenvalue weighted by molar-refractivity contribution is 5.98. The smallest absolute Gasteiger partial charge is 0.338 e. The van der Waals surface area contributed by atoms with Gasteiger partial charge in [0, 0.05) is 0 Å². The van der Waals surface area contributed by atoms with Crippen molar-refractivity contribution in [2.45, 2.75) is 33.8 Å². The van der Waals surface area contributed by atoms with E-state index >= 15 is 0 Å². The first kappa shape index (κ1) is 21.3. The first-order valence-corrected chi connectivity index (χ1v) is 9.37. The van der Waals surface area contributed by atoms with E-state index in [-0.39, 0.29) is 0 Å². The average molecular weight is 385 g/mol. The predicted molar refractivity (Wildman–Crippen MR) is 108 cm³/mol. The molecule has 2 aromatic carbocycles. The molecule has 0 radical (unpaired) electrons. The van der Waals surface area contributed by atoms with E-state index < -0.39 is 18.0 Å². The van der Waals surface area contributed by atoms with Gasteiger partial charge in [-0.3, -0.25) is 4.79 Å². The lowest BCUT2D eigenvalue weighted by atomic mass is 10.2. The van der Waals surface area contributed by atoms with E-state index in [0.717, 1.165) is 0 Å². The fourth-order valence-corrected chi connectivity index (χ4v) is 2.32. The Hall–Kier alpha value is -3.02. The molecular formula is C22H27NO5. The maximum absolute atomic E-state index is 12.4. The fourth-order valence-electron chi connectivity index (χ4n) is 2.32. The van der Waals surface area contributed by atoms with Crippen LogP contribution in [0.5, 0.6) is 11.5 Å². The Morgan fingerprint density at radius 2 is 1.64 bits per heavy atom. The zero-order chi connectivity index (χ0) is 20.5. The van der Waals surface area contributed by atoms with Crippen molar-refractivity contribution in [1.82, 2.24) is 0 Å². The van der Waals surface area contributed by atoms with Crippen LogP contribution in [-0.2, 0) is 9.53 Å². The van der Waals surface area contributed by atoms with Crippen molar-refractivity contribution in [3.63, 3.8) is 0 Å². The van der Waals surface area contributed by atoms with Crippen LogP contribution in [0.2, 0.25) is 0 Å². The quantitative estimate of drug-likeness (QED) is 0.651. The molecule has 0 heterocycles. The standard InChI is InChI=1S/C22H27NO5/c1-5-26-20-9-7-6-8-19(20)23-21(24)16(4)28-22(25)17-10-12-18(13-11-17)27-14-15(2)3/h6-13,15-16H,5,14H2,1-4H3,(H,23,24)/t16-/m0/s1. The fraction of sp³-hybridized carbons (Fsp3) is 0.364. The highest BCUT2D eigenvalue weighted by Gasteiger charge is 2.20. The number of benzene rings is 2. The topological polar surface area (TPSA) is 73.9 Å². The van der Waals surface area contributed by atoms with E-state index in [4.69, 9.17) is 14.2 Å². The Morgan fingerprint density at radius 3 is 2.29 bits per heavy atom. The molecule has 0 aromatic heterocycles. The number of hydrogen-bond acceptors (Lipinski definition) is 5. The molecule has 150 valence electrons. The van der Waals surface area contributed by atoms with E-state index in [0.29, 0.717) is 41.9 Å². The number of ether oxygens (including phenoxy) is 3. The molecule has 0 saturated heterocycles. The van der Waals surface area contributed by atoms with E-state index in [9.17, 15) is 9.59 Å². The van der Waals surface area contributed by atoms with Gasteiger partial charge >= 0.3 is 5.97 Å². The van der Waals surface area contributed by atoms with Gasteiger partial charge in [0.05, 0.1) is 24.5 Å². The van der Waals surface area contributed by atoms with Gasteiger partial charge in [-0.2, -0.15) is 0 Å². The molecule has 1 amide bonds. The van der Waals surface area contributed by atoms with Crippen molar-refractivity contribution in [2.24, 2.45) is 5.92 Å². The summed E-state index contributed by atoms with van der Waals surface area (Å²) in [7, 11) is 0. The molecule has 0 aliphatic rings. The van der Waals surface area contributed by atoms with Gasteiger partial charge in [0.2, 0.25) is 0 Å². The highest BCUT2D eigenvalue weighted by Crippen LogP contribution is 2.24. The molecule has 1 N–H and O–H groups in total. The Morgan fingerprint density at radius 1 is 0.964 bits per heavy atom. The lowest BCUT2D eigenvalue weighted by Crippen LogP contribution is -2.30. The first-order chi connectivity index (χ1) is 13.4. The number of para-hydroxylation sites is 2. The van der Waals surface area contributed by atoms with Gasteiger partial charge in [0.15, 0.2) is 6.10 Å². The summed E-state index contributed by atoms with van der Waals surface area (Å²) in [6.07, 6.45) is -0.959. The minimum Gasteiger partial charge on any atom is -0.493 e. The molecule has 0 aliphatic carbocycles. The van der Waals surface area contributed by atoms with Crippen LogP contribution in [0, 0.1) is 5.92 Å². The van der Waals surface area contributed by atoms with E-state index in [1.807, 2.05) is 13.0 Å². The third-order valence-electron chi connectivity index (χ3n) is 3.77. The second kappa shape index (κ2) is 10.3. The van der Waals surface area contributed by atoms with Gasteiger partial charge in [-0.15, -0.1) is 0 Å². The van der Waals surface area contributed by atoms with Crippen LogP contribution in [0.15, 0.2) is 48.5 Å². The summed E-state index contributed by atoms with van der Waals surface area (Å²) in [6.45, 7) is 8.59. The monoisotopic (exact) mass is 385 g/mol. The summed E-state index contributed by atoms with van der Waals surface area (Å²) in [5.74, 6) is 0.655. The predicted octanol–water partition coefficient (Wildman–Crippen LogP) is 4.30. The number of carbonyl (C=O) groups is 2. The summed E-state index contributed by atoms with van der Waals surface area (Å²) >= 11 is 0. The van der Waals surface area contributed by atoms with Crippen LogP contribution in [0.25, 0.3) is 0 Å². The van der Waals surface area contributed by atoms with Crippen LogP contribution < -0.4 is 14.8 Å². The van der Waals surface area contributed by atoms with Gasteiger partial charge in [0.1, 0.15) is 11.5 Å². The van der Waals surface area contributed by atoms with Crippen molar-refractivity contribution in [1.29, 1.82) is 0 Å². The Kier molecular flexibility index (Phi) is 7.87. The molecule has 2 rings (SSSR count). The number of esters is 1. The van der Waals surface area contributed by atoms with Crippen LogP contribution in [-0.4, -0.2) is 31.2 Å². The zero-order valence-electron chi connectivity index (χ0n) is 16.7. The van der Waals surface area contributed by atoms with Crippen LogP contribution in [0.1, 0.15) is 38.1 Å². The van der Waals surface area contributed by atoms with E-state index in [2.05, 4.69) is 19.2 Å². The van der Waals surface area contributed by atoms with Gasteiger partial charge in [-0.05, 0) is 56.2 Å². The summed E-state index contributed by atoms with van der Waals surface area (Å²) in [5, 5.41) is 2.73. The molecule has 0 spiro atoms. The van der Waals surface area contributed by atoms with Crippen molar-refractivity contribution in [3.8, 4) is 11.5 Å². The second-order valence-electron chi connectivity index (χ2n) is 6.70. The highest BCUT2D eigenvalue weighted by atomic mass is 16.5. The Labute approximate surface area is 165 Å². The van der Waals surface area contributed by atoms with Crippen molar-refractivity contribution < 1.29 is 23.8 Å².